The summed E-state index contributed by atoms with van der Waals surface area (Å²) in [6.45, 7) is 3.92. The molecule has 0 aromatic carbocycles. The average Bonchev–Trinajstić information content (AvgIpc) is 3.12. The molecule has 2 aromatic heterocycles. The Kier molecular flexibility index (Phi) is 4.15. The van der Waals surface area contributed by atoms with E-state index in [9.17, 15) is 0 Å². The Morgan fingerprint density at radius 1 is 1.14 bits per heavy atom. The molecule has 1 aliphatic heterocycles. The summed E-state index contributed by atoms with van der Waals surface area (Å²) in [4.78, 5) is 13.4. The van der Waals surface area contributed by atoms with Crippen molar-refractivity contribution in [2.75, 3.05) is 25.0 Å². The Labute approximate surface area is 125 Å². The van der Waals surface area contributed by atoms with E-state index in [4.69, 9.17) is 0 Å². The van der Waals surface area contributed by atoms with Crippen LogP contribution in [0.4, 0.5) is 5.82 Å². The summed E-state index contributed by atoms with van der Waals surface area (Å²) in [7, 11) is 4.01. The lowest BCUT2D eigenvalue weighted by Gasteiger charge is -2.18. The van der Waals surface area contributed by atoms with Gasteiger partial charge in [-0.1, -0.05) is 6.07 Å². The zero-order chi connectivity index (χ0) is 14.7. The van der Waals surface area contributed by atoms with Gasteiger partial charge in [-0.2, -0.15) is 5.10 Å². The number of nitrogens with zero attached hydrogens (tertiary/aromatic N) is 6. The second-order valence-electron chi connectivity index (χ2n) is 5.69. The molecule has 1 saturated heterocycles. The SMILES string of the molecule is CN(Cc1ccc(N2CCCC2)nc1)Cc1ncnn1C. The van der Waals surface area contributed by atoms with Gasteiger partial charge >= 0.3 is 0 Å². The van der Waals surface area contributed by atoms with Crippen LogP contribution in [0.2, 0.25) is 0 Å². The van der Waals surface area contributed by atoms with Crippen molar-refractivity contribution < 1.29 is 0 Å². The van der Waals surface area contributed by atoms with Crippen LogP contribution < -0.4 is 4.90 Å². The van der Waals surface area contributed by atoms with Crippen LogP contribution in [0.15, 0.2) is 24.7 Å². The van der Waals surface area contributed by atoms with E-state index in [1.165, 1.54) is 18.4 Å². The first-order valence-corrected chi connectivity index (χ1v) is 7.43. The number of hydrogen-bond donors (Lipinski definition) is 0. The highest BCUT2D eigenvalue weighted by Crippen LogP contribution is 2.18. The van der Waals surface area contributed by atoms with Crippen molar-refractivity contribution in [3.8, 4) is 0 Å². The Balaban J connectivity index is 1.58. The third-order valence-corrected chi connectivity index (χ3v) is 3.91. The van der Waals surface area contributed by atoms with E-state index in [-0.39, 0.29) is 0 Å². The Morgan fingerprint density at radius 3 is 2.57 bits per heavy atom. The van der Waals surface area contributed by atoms with E-state index in [2.05, 4.69) is 44.0 Å². The van der Waals surface area contributed by atoms with Crippen molar-refractivity contribution in [2.24, 2.45) is 7.05 Å². The summed E-state index contributed by atoms with van der Waals surface area (Å²) >= 11 is 0. The first-order valence-electron chi connectivity index (χ1n) is 7.43. The third kappa shape index (κ3) is 3.39. The van der Waals surface area contributed by atoms with Crippen LogP contribution in [0.25, 0.3) is 0 Å². The summed E-state index contributed by atoms with van der Waals surface area (Å²) < 4.78 is 1.81. The number of anilines is 1. The maximum atomic E-state index is 4.59. The molecule has 3 heterocycles. The van der Waals surface area contributed by atoms with E-state index >= 15 is 0 Å². The molecule has 21 heavy (non-hydrogen) atoms. The van der Waals surface area contributed by atoms with Gasteiger partial charge in [-0.05, 0) is 31.5 Å². The van der Waals surface area contributed by atoms with E-state index < -0.39 is 0 Å². The van der Waals surface area contributed by atoms with Gasteiger partial charge in [-0.3, -0.25) is 9.58 Å². The molecule has 0 radical (unpaired) electrons. The zero-order valence-corrected chi connectivity index (χ0v) is 12.7. The molecule has 1 aliphatic rings. The molecule has 0 bridgehead atoms. The van der Waals surface area contributed by atoms with E-state index in [1.54, 1.807) is 6.33 Å². The number of aromatic nitrogens is 4. The molecule has 3 rings (SSSR count). The average molecular weight is 286 g/mol. The van der Waals surface area contributed by atoms with E-state index in [0.717, 1.165) is 37.8 Å². The topological polar surface area (TPSA) is 50.1 Å². The molecule has 0 aliphatic carbocycles. The first kappa shape index (κ1) is 14.0. The second kappa shape index (κ2) is 6.22. The van der Waals surface area contributed by atoms with Gasteiger partial charge in [0.2, 0.25) is 0 Å². The summed E-state index contributed by atoms with van der Waals surface area (Å²) in [6, 6.07) is 4.31. The van der Waals surface area contributed by atoms with Crippen LogP contribution in [-0.2, 0) is 20.1 Å². The molecule has 6 nitrogen and oxygen atoms in total. The number of hydrogen-bond acceptors (Lipinski definition) is 5. The number of aryl methyl sites for hydroxylation is 1. The molecule has 6 heteroatoms. The maximum absolute atomic E-state index is 4.59. The Bertz CT molecular complexity index is 570. The minimum absolute atomic E-state index is 0.782. The molecule has 1 fully saturated rings. The minimum atomic E-state index is 0.782. The lowest BCUT2D eigenvalue weighted by Crippen LogP contribution is -2.21. The fourth-order valence-electron chi connectivity index (χ4n) is 2.72. The predicted molar refractivity (Wildman–Crippen MR) is 81.9 cm³/mol. The van der Waals surface area contributed by atoms with Crippen LogP contribution in [-0.4, -0.2) is 44.8 Å². The van der Waals surface area contributed by atoms with Gasteiger partial charge in [-0.25, -0.2) is 9.97 Å². The summed E-state index contributed by atoms with van der Waals surface area (Å²) in [5.41, 5.74) is 1.22. The normalized spacial score (nSPS) is 15.1. The highest BCUT2D eigenvalue weighted by molar-refractivity contribution is 5.40. The maximum Gasteiger partial charge on any atom is 0.140 e. The highest BCUT2D eigenvalue weighted by atomic mass is 15.3. The van der Waals surface area contributed by atoms with Crippen molar-refractivity contribution in [3.63, 3.8) is 0 Å². The lowest BCUT2D eigenvalue weighted by atomic mass is 10.2. The molecule has 112 valence electrons. The third-order valence-electron chi connectivity index (χ3n) is 3.91. The van der Waals surface area contributed by atoms with Gasteiger partial charge in [0.05, 0.1) is 6.54 Å². The largest absolute Gasteiger partial charge is 0.357 e. The molecule has 0 saturated carbocycles. The van der Waals surface area contributed by atoms with E-state index in [1.807, 2.05) is 17.9 Å². The van der Waals surface area contributed by atoms with Gasteiger partial charge in [0.25, 0.3) is 0 Å². The summed E-state index contributed by atoms with van der Waals surface area (Å²) in [6.07, 6.45) is 6.14. The van der Waals surface area contributed by atoms with E-state index in [0.29, 0.717) is 0 Å². The smallest absolute Gasteiger partial charge is 0.140 e. The highest BCUT2D eigenvalue weighted by Gasteiger charge is 2.13. The van der Waals surface area contributed by atoms with Crippen molar-refractivity contribution in [1.82, 2.24) is 24.6 Å². The molecule has 2 aromatic rings. The minimum Gasteiger partial charge on any atom is -0.357 e. The molecule has 0 atom stereocenters. The van der Waals surface area contributed by atoms with Crippen LogP contribution in [0.5, 0.6) is 0 Å². The standard InChI is InChI=1S/C15H22N6/c1-19(11-15-17-12-18-20(15)2)10-13-5-6-14(16-9-13)21-7-3-4-8-21/h5-6,9,12H,3-4,7-8,10-11H2,1-2H3. The zero-order valence-electron chi connectivity index (χ0n) is 12.7. The Morgan fingerprint density at radius 2 is 1.95 bits per heavy atom. The van der Waals surface area contributed by atoms with Crippen molar-refractivity contribution >= 4 is 5.82 Å². The lowest BCUT2D eigenvalue weighted by molar-refractivity contribution is 0.305. The predicted octanol–water partition coefficient (Wildman–Crippen LogP) is 1.44. The van der Waals surface area contributed by atoms with Gasteiger partial charge in [-0.15, -0.1) is 0 Å². The molecule has 0 unspecified atom stereocenters. The van der Waals surface area contributed by atoms with Crippen LogP contribution in [0, 0.1) is 0 Å². The van der Waals surface area contributed by atoms with Gasteiger partial charge in [0, 0.05) is 32.9 Å². The quantitative estimate of drug-likeness (QED) is 0.832. The molecular formula is C15H22N6. The van der Waals surface area contributed by atoms with Crippen molar-refractivity contribution in [2.45, 2.75) is 25.9 Å². The van der Waals surface area contributed by atoms with Crippen LogP contribution in [0.3, 0.4) is 0 Å². The second-order valence-corrected chi connectivity index (χ2v) is 5.69. The molecule has 0 amide bonds. The van der Waals surface area contributed by atoms with Crippen molar-refractivity contribution in [3.05, 3.63) is 36.0 Å². The summed E-state index contributed by atoms with van der Waals surface area (Å²) in [5, 5.41) is 4.09. The monoisotopic (exact) mass is 286 g/mol. The molecule has 0 N–H and O–H groups in total. The number of pyridine rings is 1. The number of rotatable bonds is 5. The first-order chi connectivity index (χ1) is 10.2. The fourth-order valence-corrected chi connectivity index (χ4v) is 2.72. The van der Waals surface area contributed by atoms with Crippen LogP contribution >= 0.6 is 0 Å². The van der Waals surface area contributed by atoms with Gasteiger partial charge in [0.15, 0.2) is 0 Å². The van der Waals surface area contributed by atoms with Crippen LogP contribution in [0.1, 0.15) is 24.2 Å². The van der Waals surface area contributed by atoms with Crippen molar-refractivity contribution in [1.29, 1.82) is 0 Å². The fraction of sp³-hybridized carbons (Fsp3) is 0.533. The van der Waals surface area contributed by atoms with Gasteiger partial charge in [0.1, 0.15) is 18.0 Å². The Hall–Kier alpha value is -1.95. The van der Waals surface area contributed by atoms with Gasteiger partial charge < -0.3 is 4.90 Å². The summed E-state index contributed by atoms with van der Waals surface area (Å²) in [5.74, 6) is 2.08. The molecule has 0 spiro atoms. The molecular weight excluding hydrogens is 264 g/mol.